The highest BCUT2D eigenvalue weighted by molar-refractivity contribution is 5.95. The van der Waals surface area contributed by atoms with Crippen LogP contribution < -0.4 is 0 Å². The summed E-state index contributed by atoms with van der Waals surface area (Å²) in [6, 6.07) is 1.80. The standard InChI is InChI=1S/C17H24N2O3/c1-12-11-15(13(2)22-12)17(21)19-9-5-14(6-10-19)16(20)18-7-3-4-8-18/h11,14H,3-10H2,1-2H3. The number of hydrogen-bond acceptors (Lipinski definition) is 3. The molecule has 22 heavy (non-hydrogen) atoms. The van der Waals surface area contributed by atoms with Crippen molar-refractivity contribution in [2.45, 2.75) is 39.5 Å². The highest BCUT2D eigenvalue weighted by Crippen LogP contribution is 2.24. The molecule has 1 aromatic rings. The minimum atomic E-state index is 0.0291. The van der Waals surface area contributed by atoms with E-state index in [0.29, 0.717) is 30.3 Å². The zero-order valence-electron chi connectivity index (χ0n) is 13.4. The third-order valence-electron chi connectivity index (χ3n) is 4.82. The molecule has 0 aliphatic carbocycles. The van der Waals surface area contributed by atoms with Gasteiger partial charge in [0.2, 0.25) is 5.91 Å². The van der Waals surface area contributed by atoms with E-state index in [9.17, 15) is 9.59 Å². The molecule has 2 amide bonds. The van der Waals surface area contributed by atoms with Gasteiger partial charge in [0.25, 0.3) is 5.91 Å². The lowest BCUT2D eigenvalue weighted by Gasteiger charge is -2.33. The van der Waals surface area contributed by atoms with Gasteiger partial charge in [0.05, 0.1) is 5.56 Å². The first-order valence-electron chi connectivity index (χ1n) is 8.21. The number of amides is 2. The largest absolute Gasteiger partial charge is 0.466 e. The molecule has 3 heterocycles. The van der Waals surface area contributed by atoms with E-state index < -0.39 is 0 Å². The van der Waals surface area contributed by atoms with Crippen LogP contribution in [0.2, 0.25) is 0 Å². The molecular weight excluding hydrogens is 280 g/mol. The van der Waals surface area contributed by atoms with E-state index >= 15 is 0 Å². The summed E-state index contributed by atoms with van der Waals surface area (Å²) in [6.45, 7) is 6.81. The van der Waals surface area contributed by atoms with Gasteiger partial charge in [-0.3, -0.25) is 9.59 Å². The number of nitrogens with zero attached hydrogens (tertiary/aromatic N) is 2. The molecule has 0 radical (unpaired) electrons. The van der Waals surface area contributed by atoms with Crippen LogP contribution in [0, 0.1) is 19.8 Å². The van der Waals surface area contributed by atoms with E-state index in [1.54, 1.807) is 6.07 Å². The first-order chi connectivity index (χ1) is 10.6. The fourth-order valence-corrected chi connectivity index (χ4v) is 3.54. The Morgan fingerprint density at radius 3 is 2.23 bits per heavy atom. The summed E-state index contributed by atoms with van der Waals surface area (Å²) in [4.78, 5) is 28.8. The molecule has 2 saturated heterocycles. The molecule has 2 aliphatic rings. The van der Waals surface area contributed by atoms with Crippen LogP contribution in [-0.4, -0.2) is 47.8 Å². The fourth-order valence-electron chi connectivity index (χ4n) is 3.54. The van der Waals surface area contributed by atoms with Crippen LogP contribution in [0.25, 0.3) is 0 Å². The number of hydrogen-bond donors (Lipinski definition) is 0. The fraction of sp³-hybridized carbons (Fsp3) is 0.647. The lowest BCUT2D eigenvalue weighted by Crippen LogP contribution is -2.43. The zero-order chi connectivity index (χ0) is 15.7. The Kier molecular flexibility index (Phi) is 4.23. The third kappa shape index (κ3) is 2.89. The number of carbonyl (C=O) groups is 2. The number of carbonyl (C=O) groups excluding carboxylic acids is 2. The van der Waals surface area contributed by atoms with Crippen LogP contribution in [0.4, 0.5) is 0 Å². The molecule has 0 N–H and O–H groups in total. The van der Waals surface area contributed by atoms with Crippen molar-refractivity contribution in [2.75, 3.05) is 26.2 Å². The second kappa shape index (κ2) is 6.15. The summed E-state index contributed by atoms with van der Waals surface area (Å²) in [6.07, 6.45) is 3.80. The lowest BCUT2D eigenvalue weighted by molar-refractivity contribution is -0.135. The summed E-state index contributed by atoms with van der Waals surface area (Å²) >= 11 is 0. The maximum absolute atomic E-state index is 12.5. The first kappa shape index (κ1) is 15.1. The smallest absolute Gasteiger partial charge is 0.257 e. The molecule has 1 aromatic heterocycles. The number of furan rings is 1. The third-order valence-corrected chi connectivity index (χ3v) is 4.82. The average molecular weight is 304 g/mol. The van der Waals surface area contributed by atoms with Gasteiger partial charge in [-0.2, -0.15) is 0 Å². The Balaban J connectivity index is 1.58. The van der Waals surface area contributed by atoms with E-state index in [2.05, 4.69) is 0 Å². The van der Waals surface area contributed by atoms with Gasteiger partial charge in [0.15, 0.2) is 0 Å². The van der Waals surface area contributed by atoms with E-state index in [1.165, 1.54) is 0 Å². The molecule has 3 rings (SSSR count). The maximum atomic E-state index is 12.5. The van der Waals surface area contributed by atoms with Crippen molar-refractivity contribution in [3.05, 3.63) is 23.2 Å². The average Bonchev–Trinajstić information content (AvgIpc) is 3.15. The summed E-state index contributed by atoms with van der Waals surface area (Å²) in [7, 11) is 0. The van der Waals surface area contributed by atoms with Crippen LogP contribution in [-0.2, 0) is 4.79 Å². The van der Waals surface area contributed by atoms with Gasteiger partial charge in [-0.1, -0.05) is 0 Å². The summed E-state index contributed by atoms with van der Waals surface area (Å²) in [5.74, 6) is 1.86. The number of likely N-dealkylation sites (tertiary alicyclic amines) is 2. The molecule has 2 aliphatic heterocycles. The lowest BCUT2D eigenvalue weighted by atomic mass is 9.95. The molecule has 0 saturated carbocycles. The van der Waals surface area contributed by atoms with E-state index in [-0.39, 0.29) is 11.8 Å². The van der Waals surface area contributed by atoms with Crippen molar-refractivity contribution in [3.8, 4) is 0 Å². The highest BCUT2D eigenvalue weighted by Gasteiger charge is 2.32. The predicted molar refractivity (Wildman–Crippen MR) is 82.6 cm³/mol. The first-order valence-corrected chi connectivity index (χ1v) is 8.21. The quantitative estimate of drug-likeness (QED) is 0.843. The van der Waals surface area contributed by atoms with Gasteiger partial charge in [0.1, 0.15) is 11.5 Å². The van der Waals surface area contributed by atoms with Crippen molar-refractivity contribution < 1.29 is 14.0 Å². The van der Waals surface area contributed by atoms with E-state index in [1.807, 2.05) is 23.6 Å². The van der Waals surface area contributed by atoms with Gasteiger partial charge in [0, 0.05) is 32.1 Å². The molecule has 5 nitrogen and oxygen atoms in total. The monoisotopic (exact) mass is 304 g/mol. The topological polar surface area (TPSA) is 53.8 Å². The summed E-state index contributed by atoms with van der Waals surface area (Å²) < 4.78 is 5.45. The van der Waals surface area contributed by atoms with Gasteiger partial charge in [-0.05, 0) is 45.6 Å². The highest BCUT2D eigenvalue weighted by atomic mass is 16.3. The molecule has 5 heteroatoms. The predicted octanol–water partition coefficient (Wildman–Crippen LogP) is 2.37. The Morgan fingerprint density at radius 2 is 1.68 bits per heavy atom. The molecule has 0 unspecified atom stereocenters. The number of aryl methyl sites for hydroxylation is 2. The van der Waals surface area contributed by atoms with E-state index in [0.717, 1.165) is 44.5 Å². The van der Waals surface area contributed by atoms with Crippen molar-refractivity contribution in [2.24, 2.45) is 5.92 Å². The van der Waals surface area contributed by atoms with E-state index in [4.69, 9.17) is 4.42 Å². The summed E-state index contributed by atoms with van der Waals surface area (Å²) in [5, 5.41) is 0. The van der Waals surface area contributed by atoms with Crippen LogP contribution in [0.3, 0.4) is 0 Å². The van der Waals surface area contributed by atoms with Crippen molar-refractivity contribution >= 4 is 11.8 Å². The minimum Gasteiger partial charge on any atom is -0.466 e. The zero-order valence-corrected chi connectivity index (χ0v) is 13.4. The number of piperidine rings is 1. The Hall–Kier alpha value is -1.78. The normalized spacial score (nSPS) is 19.7. The van der Waals surface area contributed by atoms with Gasteiger partial charge < -0.3 is 14.2 Å². The van der Waals surface area contributed by atoms with Crippen LogP contribution in [0.5, 0.6) is 0 Å². The van der Waals surface area contributed by atoms with Crippen molar-refractivity contribution in [3.63, 3.8) is 0 Å². The molecule has 120 valence electrons. The maximum Gasteiger partial charge on any atom is 0.257 e. The van der Waals surface area contributed by atoms with Crippen molar-refractivity contribution in [1.29, 1.82) is 0 Å². The second-order valence-corrected chi connectivity index (χ2v) is 6.43. The minimum absolute atomic E-state index is 0.0291. The SMILES string of the molecule is Cc1cc(C(=O)N2CCC(C(=O)N3CCCC3)CC2)c(C)o1. The van der Waals surface area contributed by atoms with Gasteiger partial charge in [-0.25, -0.2) is 0 Å². The van der Waals surface area contributed by atoms with Crippen LogP contribution >= 0.6 is 0 Å². The molecule has 0 aromatic carbocycles. The molecular formula is C17H24N2O3. The van der Waals surface area contributed by atoms with Gasteiger partial charge in [-0.15, -0.1) is 0 Å². The Morgan fingerprint density at radius 1 is 1.05 bits per heavy atom. The Bertz CT molecular complexity index is 564. The molecule has 0 bridgehead atoms. The van der Waals surface area contributed by atoms with Crippen molar-refractivity contribution in [1.82, 2.24) is 9.80 Å². The van der Waals surface area contributed by atoms with Gasteiger partial charge >= 0.3 is 0 Å². The van der Waals surface area contributed by atoms with Crippen LogP contribution in [0.15, 0.2) is 10.5 Å². The van der Waals surface area contributed by atoms with Crippen LogP contribution in [0.1, 0.15) is 47.6 Å². The molecule has 2 fully saturated rings. The second-order valence-electron chi connectivity index (χ2n) is 6.43. The molecule has 0 spiro atoms. The number of rotatable bonds is 2. The Labute approximate surface area is 131 Å². The molecule has 0 atom stereocenters. The summed E-state index contributed by atoms with van der Waals surface area (Å²) in [5.41, 5.74) is 0.654.